The lowest BCUT2D eigenvalue weighted by Crippen LogP contribution is -2.19. The van der Waals surface area contributed by atoms with E-state index in [1.54, 1.807) is 13.2 Å². The summed E-state index contributed by atoms with van der Waals surface area (Å²) in [5, 5.41) is 8.28. The second kappa shape index (κ2) is 7.06. The van der Waals surface area contributed by atoms with E-state index in [-0.39, 0.29) is 10.1 Å². The number of halogens is 2. The maximum Gasteiger partial charge on any atom is 0.175 e. The lowest BCUT2D eigenvalue weighted by Gasteiger charge is -2.14. The lowest BCUT2D eigenvalue weighted by atomic mass is 10.1. The van der Waals surface area contributed by atoms with Crippen molar-refractivity contribution in [3.63, 3.8) is 0 Å². The number of hydrogen-bond acceptors (Lipinski definition) is 3. The molecule has 1 heterocycles. The van der Waals surface area contributed by atoms with Crippen LogP contribution >= 0.6 is 23.8 Å². The summed E-state index contributed by atoms with van der Waals surface area (Å²) in [6, 6.07) is 15.9. The molecule has 0 unspecified atom stereocenters. The van der Waals surface area contributed by atoms with Crippen molar-refractivity contribution in [2.45, 2.75) is 0 Å². The zero-order valence-corrected chi connectivity index (χ0v) is 15.7. The predicted octanol–water partition coefficient (Wildman–Crippen LogP) is 6.20. The molecule has 0 spiro atoms. The number of furan rings is 1. The number of thiocarbonyl (C=S) groups is 1. The van der Waals surface area contributed by atoms with Crippen LogP contribution in [0, 0.1) is 5.82 Å². The van der Waals surface area contributed by atoms with Crippen LogP contribution < -0.4 is 15.4 Å². The highest BCUT2D eigenvalue weighted by Gasteiger charge is 2.13. The third kappa shape index (κ3) is 3.41. The van der Waals surface area contributed by atoms with Gasteiger partial charge in [0.1, 0.15) is 22.7 Å². The molecule has 0 amide bonds. The average Bonchev–Trinajstić information content (AvgIpc) is 3.01. The van der Waals surface area contributed by atoms with E-state index in [1.165, 1.54) is 12.1 Å². The maximum absolute atomic E-state index is 13.6. The van der Waals surface area contributed by atoms with Crippen molar-refractivity contribution in [3.05, 3.63) is 65.4 Å². The van der Waals surface area contributed by atoms with Crippen molar-refractivity contribution in [2.75, 3.05) is 17.7 Å². The van der Waals surface area contributed by atoms with Gasteiger partial charge in [0.25, 0.3) is 0 Å². The van der Waals surface area contributed by atoms with Crippen LogP contribution in [0.1, 0.15) is 0 Å². The fraction of sp³-hybridized carbons (Fsp3) is 0.0500. The monoisotopic (exact) mass is 400 g/mol. The van der Waals surface area contributed by atoms with Gasteiger partial charge in [-0.05, 0) is 42.5 Å². The minimum Gasteiger partial charge on any atom is -0.495 e. The molecule has 1 aromatic heterocycles. The first-order valence-electron chi connectivity index (χ1n) is 8.07. The molecule has 4 aromatic rings. The van der Waals surface area contributed by atoms with Gasteiger partial charge in [0.2, 0.25) is 0 Å². The van der Waals surface area contributed by atoms with Crippen LogP contribution in [-0.4, -0.2) is 12.2 Å². The van der Waals surface area contributed by atoms with E-state index in [1.807, 2.05) is 36.4 Å². The van der Waals surface area contributed by atoms with Crippen LogP contribution in [0.15, 0.2) is 59.0 Å². The number of methoxy groups -OCH3 is 1. The molecule has 0 bridgehead atoms. The Morgan fingerprint density at radius 1 is 1.04 bits per heavy atom. The molecule has 3 aromatic carbocycles. The zero-order valence-electron chi connectivity index (χ0n) is 14.2. The molecular weight excluding hydrogens is 387 g/mol. The highest BCUT2D eigenvalue weighted by molar-refractivity contribution is 7.80. The first-order chi connectivity index (χ1) is 13.0. The largest absolute Gasteiger partial charge is 0.495 e. The van der Waals surface area contributed by atoms with Crippen molar-refractivity contribution >= 4 is 62.2 Å². The first kappa shape index (κ1) is 17.6. The Morgan fingerprint density at radius 2 is 1.85 bits per heavy atom. The maximum atomic E-state index is 13.6. The van der Waals surface area contributed by atoms with Crippen molar-refractivity contribution < 1.29 is 13.5 Å². The summed E-state index contributed by atoms with van der Waals surface area (Å²) in [5.41, 5.74) is 2.62. The second-order valence-electron chi connectivity index (χ2n) is 5.85. The van der Waals surface area contributed by atoms with Crippen LogP contribution in [0.5, 0.6) is 5.75 Å². The second-order valence-corrected chi connectivity index (χ2v) is 6.67. The van der Waals surface area contributed by atoms with Gasteiger partial charge in [0.05, 0.1) is 17.8 Å². The Morgan fingerprint density at radius 3 is 2.63 bits per heavy atom. The third-order valence-corrected chi connectivity index (χ3v) is 4.64. The van der Waals surface area contributed by atoms with E-state index in [0.717, 1.165) is 16.4 Å². The summed E-state index contributed by atoms with van der Waals surface area (Å²) in [7, 11) is 1.58. The number of ether oxygens (including phenoxy) is 1. The van der Waals surface area contributed by atoms with E-state index in [4.69, 9.17) is 33.0 Å². The van der Waals surface area contributed by atoms with Crippen molar-refractivity contribution in [2.24, 2.45) is 0 Å². The molecule has 27 heavy (non-hydrogen) atoms. The van der Waals surface area contributed by atoms with Gasteiger partial charge in [-0.2, -0.15) is 0 Å². The number of rotatable bonds is 3. The number of hydrogen-bond donors (Lipinski definition) is 2. The molecule has 0 aliphatic heterocycles. The standard InChI is InChI=1S/C20H14ClFN2O2S/c1-25-19-9-13-12-4-2-3-5-17(12)26-18(13)10-16(19)24-20(27)23-11-6-7-14(21)15(22)8-11/h2-10H,1H3,(H2,23,24,27). The minimum atomic E-state index is -0.522. The minimum absolute atomic E-state index is 0.0523. The Kier molecular flexibility index (Phi) is 4.59. The third-order valence-electron chi connectivity index (χ3n) is 4.12. The quantitative estimate of drug-likeness (QED) is 0.401. The summed E-state index contributed by atoms with van der Waals surface area (Å²) in [6.45, 7) is 0. The normalized spacial score (nSPS) is 10.9. The first-order valence-corrected chi connectivity index (χ1v) is 8.86. The molecule has 7 heteroatoms. The van der Waals surface area contributed by atoms with Gasteiger partial charge in [-0.3, -0.25) is 0 Å². The SMILES string of the molecule is COc1cc2c(cc1NC(=S)Nc1ccc(Cl)c(F)c1)oc1ccccc12. The summed E-state index contributed by atoms with van der Waals surface area (Å²) < 4.78 is 25.0. The highest BCUT2D eigenvalue weighted by atomic mass is 35.5. The zero-order chi connectivity index (χ0) is 19.0. The van der Waals surface area contributed by atoms with Crippen LogP contribution in [0.3, 0.4) is 0 Å². The number of para-hydroxylation sites is 1. The summed E-state index contributed by atoms with van der Waals surface area (Å²) in [5.74, 6) is 0.0891. The van der Waals surface area contributed by atoms with Gasteiger partial charge in [-0.25, -0.2) is 4.39 Å². The van der Waals surface area contributed by atoms with E-state index >= 15 is 0 Å². The summed E-state index contributed by atoms with van der Waals surface area (Å²) in [6.07, 6.45) is 0. The van der Waals surface area contributed by atoms with E-state index in [2.05, 4.69) is 10.6 Å². The molecule has 4 nitrogen and oxygen atoms in total. The van der Waals surface area contributed by atoms with Crippen molar-refractivity contribution in [3.8, 4) is 5.75 Å². The van der Waals surface area contributed by atoms with Crippen LogP contribution in [-0.2, 0) is 0 Å². The fourth-order valence-electron chi connectivity index (χ4n) is 2.88. The Bertz CT molecular complexity index is 1180. The van der Waals surface area contributed by atoms with Crippen LogP contribution in [0.25, 0.3) is 21.9 Å². The molecule has 0 radical (unpaired) electrons. The molecule has 0 saturated heterocycles. The highest BCUT2D eigenvalue weighted by Crippen LogP contribution is 2.36. The van der Waals surface area contributed by atoms with E-state index in [0.29, 0.717) is 22.7 Å². The van der Waals surface area contributed by atoms with E-state index < -0.39 is 5.82 Å². The van der Waals surface area contributed by atoms with Gasteiger partial charge in [0, 0.05) is 22.5 Å². The smallest absolute Gasteiger partial charge is 0.175 e. The van der Waals surface area contributed by atoms with Crippen LogP contribution in [0.2, 0.25) is 5.02 Å². The number of anilines is 2. The molecular formula is C20H14ClFN2O2S. The Balaban J connectivity index is 1.64. The molecule has 2 N–H and O–H groups in total. The lowest BCUT2D eigenvalue weighted by molar-refractivity contribution is 0.417. The Hall–Kier alpha value is -2.83. The molecule has 4 rings (SSSR count). The van der Waals surface area contributed by atoms with Gasteiger partial charge < -0.3 is 19.8 Å². The molecule has 0 aliphatic carbocycles. The predicted molar refractivity (Wildman–Crippen MR) is 112 cm³/mol. The fourth-order valence-corrected chi connectivity index (χ4v) is 3.22. The molecule has 0 atom stereocenters. The number of nitrogens with one attached hydrogen (secondary N) is 2. The summed E-state index contributed by atoms with van der Waals surface area (Å²) >= 11 is 11.0. The number of benzene rings is 3. The molecule has 136 valence electrons. The van der Waals surface area contributed by atoms with E-state index in [9.17, 15) is 4.39 Å². The molecule has 0 saturated carbocycles. The van der Waals surface area contributed by atoms with Crippen LogP contribution in [0.4, 0.5) is 15.8 Å². The Labute approximate surface area is 164 Å². The molecule has 0 fully saturated rings. The topological polar surface area (TPSA) is 46.4 Å². The average molecular weight is 401 g/mol. The van der Waals surface area contributed by atoms with Crippen molar-refractivity contribution in [1.29, 1.82) is 0 Å². The van der Waals surface area contributed by atoms with Gasteiger partial charge >= 0.3 is 0 Å². The van der Waals surface area contributed by atoms with Gasteiger partial charge in [-0.1, -0.05) is 29.8 Å². The van der Waals surface area contributed by atoms with Gasteiger partial charge in [0.15, 0.2) is 5.11 Å². The number of fused-ring (bicyclic) bond motifs is 3. The van der Waals surface area contributed by atoms with Gasteiger partial charge in [-0.15, -0.1) is 0 Å². The summed E-state index contributed by atoms with van der Waals surface area (Å²) in [4.78, 5) is 0. The molecule has 0 aliphatic rings. The van der Waals surface area contributed by atoms with Crippen molar-refractivity contribution in [1.82, 2.24) is 0 Å².